The Hall–Kier alpha value is -2.34. The molecule has 1 aliphatic rings. The van der Waals surface area contributed by atoms with Crippen molar-refractivity contribution in [1.29, 1.82) is 0 Å². The van der Waals surface area contributed by atoms with Gasteiger partial charge in [-0.15, -0.1) is 0 Å². The highest BCUT2D eigenvalue weighted by Crippen LogP contribution is 2.48. The molecule has 0 fully saturated rings. The zero-order valence-corrected chi connectivity index (χ0v) is 12.7. The van der Waals surface area contributed by atoms with Crippen molar-refractivity contribution in [2.75, 3.05) is 12.2 Å². The Kier molecular flexibility index (Phi) is 3.85. The standard InChI is InChI=1S/C17H15F3N2O/c1-4-10-12(7-21-8-15(10)20)17-9(2)11-5-13(18)14(19)6-16(11)22(17)23-3/h5-8,17H,2,4H2,1,3H3. The molecule has 0 amide bonds. The molecule has 1 aromatic carbocycles. The maximum Gasteiger partial charge on any atom is 0.161 e. The Morgan fingerprint density at radius 2 is 1.87 bits per heavy atom. The van der Waals surface area contributed by atoms with Gasteiger partial charge in [-0.3, -0.25) is 9.82 Å². The zero-order valence-electron chi connectivity index (χ0n) is 12.7. The molecule has 0 N–H and O–H groups in total. The number of benzene rings is 1. The fourth-order valence-electron chi connectivity index (χ4n) is 3.01. The van der Waals surface area contributed by atoms with Crippen LogP contribution in [0, 0.1) is 17.5 Å². The van der Waals surface area contributed by atoms with Crippen molar-refractivity contribution in [1.82, 2.24) is 4.98 Å². The zero-order chi connectivity index (χ0) is 16.7. The minimum absolute atomic E-state index is 0.354. The molecule has 2 heterocycles. The molecule has 3 nitrogen and oxygen atoms in total. The number of pyridine rings is 1. The average molecular weight is 320 g/mol. The number of nitrogens with zero attached hydrogens (tertiary/aromatic N) is 2. The molecule has 0 spiro atoms. The quantitative estimate of drug-likeness (QED) is 0.847. The first-order chi connectivity index (χ1) is 11.0. The van der Waals surface area contributed by atoms with Crippen molar-refractivity contribution >= 4 is 11.3 Å². The van der Waals surface area contributed by atoms with Gasteiger partial charge in [0.05, 0.1) is 19.0 Å². The lowest BCUT2D eigenvalue weighted by molar-refractivity contribution is 0.157. The molecule has 1 atom stereocenters. The molecule has 120 valence electrons. The number of hydrogen-bond acceptors (Lipinski definition) is 3. The van der Waals surface area contributed by atoms with Gasteiger partial charge in [0, 0.05) is 23.4 Å². The summed E-state index contributed by atoms with van der Waals surface area (Å²) in [5.41, 5.74) is 2.33. The van der Waals surface area contributed by atoms with Crippen LogP contribution in [0.2, 0.25) is 0 Å². The molecule has 0 aliphatic carbocycles. The summed E-state index contributed by atoms with van der Waals surface area (Å²) in [5.74, 6) is -2.37. The normalized spacial score (nSPS) is 16.8. The third kappa shape index (κ3) is 2.30. The summed E-state index contributed by atoms with van der Waals surface area (Å²) in [6, 6.07) is 1.55. The first kappa shape index (κ1) is 15.6. The Bertz CT molecular complexity index is 792. The van der Waals surface area contributed by atoms with Crippen LogP contribution in [0.25, 0.3) is 5.57 Å². The van der Waals surface area contributed by atoms with Crippen LogP contribution in [0.4, 0.5) is 18.9 Å². The molecule has 23 heavy (non-hydrogen) atoms. The van der Waals surface area contributed by atoms with E-state index in [0.29, 0.717) is 34.4 Å². The summed E-state index contributed by atoms with van der Waals surface area (Å²) >= 11 is 0. The van der Waals surface area contributed by atoms with Crippen molar-refractivity contribution in [2.24, 2.45) is 0 Å². The predicted molar refractivity (Wildman–Crippen MR) is 81.2 cm³/mol. The Balaban J connectivity index is 2.19. The lowest BCUT2D eigenvalue weighted by Crippen LogP contribution is -2.24. The number of anilines is 1. The predicted octanol–water partition coefficient (Wildman–Crippen LogP) is 4.20. The van der Waals surface area contributed by atoms with Crippen molar-refractivity contribution < 1.29 is 18.0 Å². The summed E-state index contributed by atoms with van der Waals surface area (Å²) in [6.45, 7) is 5.79. The highest BCUT2D eigenvalue weighted by Gasteiger charge is 2.37. The molecule has 1 aliphatic heterocycles. The molecule has 2 aromatic rings. The van der Waals surface area contributed by atoms with E-state index in [1.807, 2.05) is 6.92 Å². The van der Waals surface area contributed by atoms with Gasteiger partial charge in [-0.25, -0.2) is 18.2 Å². The second-order valence-electron chi connectivity index (χ2n) is 5.26. The Morgan fingerprint density at radius 3 is 2.52 bits per heavy atom. The third-order valence-electron chi connectivity index (χ3n) is 4.07. The van der Waals surface area contributed by atoms with Gasteiger partial charge < -0.3 is 0 Å². The molecule has 0 saturated carbocycles. The van der Waals surface area contributed by atoms with E-state index in [2.05, 4.69) is 11.6 Å². The second-order valence-corrected chi connectivity index (χ2v) is 5.26. The van der Waals surface area contributed by atoms with Crippen LogP contribution in [-0.2, 0) is 11.3 Å². The lowest BCUT2D eigenvalue weighted by atomic mass is 9.94. The molecule has 1 unspecified atom stereocenters. The van der Waals surface area contributed by atoms with Gasteiger partial charge in [-0.05, 0) is 23.6 Å². The number of rotatable bonds is 3. The highest BCUT2D eigenvalue weighted by molar-refractivity contribution is 5.87. The minimum atomic E-state index is -0.979. The van der Waals surface area contributed by atoms with Gasteiger partial charge in [0.2, 0.25) is 0 Å². The van der Waals surface area contributed by atoms with E-state index >= 15 is 0 Å². The van der Waals surface area contributed by atoms with E-state index < -0.39 is 23.5 Å². The Labute approximate surface area is 132 Å². The smallest absolute Gasteiger partial charge is 0.161 e. The summed E-state index contributed by atoms with van der Waals surface area (Å²) in [5, 5.41) is 1.40. The van der Waals surface area contributed by atoms with E-state index in [1.54, 1.807) is 0 Å². The maximum atomic E-state index is 14.0. The number of hydrogen-bond donors (Lipinski definition) is 0. The van der Waals surface area contributed by atoms with E-state index in [0.717, 1.165) is 18.3 Å². The van der Waals surface area contributed by atoms with Crippen molar-refractivity contribution in [3.63, 3.8) is 0 Å². The van der Waals surface area contributed by atoms with Crippen LogP contribution in [-0.4, -0.2) is 12.1 Å². The summed E-state index contributed by atoms with van der Waals surface area (Å²) < 4.78 is 41.2. The van der Waals surface area contributed by atoms with E-state index in [4.69, 9.17) is 4.84 Å². The van der Waals surface area contributed by atoms with Crippen LogP contribution in [0.5, 0.6) is 0 Å². The average Bonchev–Trinajstić information content (AvgIpc) is 2.79. The minimum Gasteiger partial charge on any atom is -0.276 e. The molecular formula is C17H15F3N2O. The topological polar surface area (TPSA) is 25.4 Å². The van der Waals surface area contributed by atoms with E-state index in [-0.39, 0.29) is 0 Å². The fraction of sp³-hybridized carbons (Fsp3) is 0.235. The van der Waals surface area contributed by atoms with Gasteiger partial charge >= 0.3 is 0 Å². The van der Waals surface area contributed by atoms with Crippen LogP contribution in [0.1, 0.15) is 29.7 Å². The fourth-order valence-corrected chi connectivity index (χ4v) is 3.01. The molecule has 0 bridgehead atoms. The van der Waals surface area contributed by atoms with Gasteiger partial charge in [0.25, 0.3) is 0 Å². The summed E-state index contributed by atoms with van der Waals surface area (Å²) in [4.78, 5) is 9.23. The van der Waals surface area contributed by atoms with Crippen molar-refractivity contribution in [3.05, 3.63) is 65.2 Å². The Morgan fingerprint density at radius 1 is 1.17 bits per heavy atom. The van der Waals surface area contributed by atoms with Crippen molar-refractivity contribution in [2.45, 2.75) is 19.4 Å². The number of fused-ring (bicyclic) bond motifs is 1. The first-order valence-corrected chi connectivity index (χ1v) is 7.13. The largest absolute Gasteiger partial charge is 0.276 e. The maximum absolute atomic E-state index is 14.0. The highest BCUT2D eigenvalue weighted by atomic mass is 19.2. The van der Waals surface area contributed by atoms with Gasteiger partial charge in [0.15, 0.2) is 11.6 Å². The van der Waals surface area contributed by atoms with E-state index in [9.17, 15) is 13.2 Å². The monoisotopic (exact) mass is 320 g/mol. The van der Waals surface area contributed by atoms with Crippen LogP contribution < -0.4 is 5.06 Å². The number of halogens is 3. The second kappa shape index (κ2) is 5.70. The molecular weight excluding hydrogens is 305 g/mol. The lowest BCUT2D eigenvalue weighted by Gasteiger charge is -2.26. The molecule has 1 aromatic heterocycles. The van der Waals surface area contributed by atoms with Gasteiger partial charge in [-0.1, -0.05) is 13.5 Å². The summed E-state index contributed by atoms with van der Waals surface area (Å²) in [7, 11) is 1.41. The third-order valence-corrected chi connectivity index (χ3v) is 4.07. The van der Waals surface area contributed by atoms with Crippen LogP contribution >= 0.6 is 0 Å². The molecule has 6 heteroatoms. The number of hydroxylamine groups is 1. The van der Waals surface area contributed by atoms with Crippen LogP contribution in [0.15, 0.2) is 31.1 Å². The molecule has 0 saturated heterocycles. The van der Waals surface area contributed by atoms with Gasteiger partial charge in [-0.2, -0.15) is 0 Å². The summed E-state index contributed by atoms with van der Waals surface area (Å²) in [6.07, 6.45) is 3.12. The van der Waals surface area contributed by atoms with Crippen molar-refractivity contribution in [3.8, 4) is 0 Å². The molecule has 3 rings (SSSR count). The SMILES string of the molecule is C=C1c2cc(F)c(F)cc2N(OC)C1c1cncc(F)c1CC. The van der Waals surface area contributed by atoms with E-state index in [1.165, 1.54) is 18.4 Å². The molecule has 0 radical (unpaired) electrons. The van der Waals surface area contributed by atoms with Gasteiger partial charge in [0.1, 0.15) is 11.9 Å². The van der Waals surface area contributed by atoms with Crippen LogP contribution in [0.3, 0.4) is 0 Å². The first-order valence-electron chi connectivity index (χ1n) is 7.13. The number of aromatic nitrogens is 1.